The van der Waals surface area contributed by atoms with E-state index in [1.807, 2.05) is 0 Å². The number of rotatable bonds is 1. The molecule has 0 aliphatic carbocycles. The van der Waals surface area contributed by atoms with Crippen LogP contribution in [-0.4, -0.2) is 38.5 Å². The van der Waals surface area contributed by atoms with E-state index in [1.54, 1.807) is 0 Å². The predicted octanol–water partition coefficient (Wildman–Crippen LogP) is -0.943. The monoisotopic (exact) mass is 163 g/mol. The Morgan fingerprint density at radius 3 is 2.30 bits per heavy atom. The van der Waals surface area contributed by atoms with Gasteiger partial charge in [0.25, 0.3) is 0 Å². The molecular formula is C4H10N3O2P. The van der Waals surface area contributed by atoms with Crippen LogP contribution in [0.1, 0.15) is 0 Å². The first-order valence-electron chi connectivity index (χ1n) is 2.74. The third-order valence-corrected chi connectivity index (χ3v) is 2.61. The van der Waals surface area contributed by atoms with Crippen LogP contribution in [0.3, 0.4) is 0 Å². The summed E-state index contributed by atoms with van der Waals surface area (Å²) in [7, 11) is -3.64. The van der Waals surface area contributed by atoms with Crippen LogP contribution >= 0.6 is 7.06 Å². The summed E-state index contributed by atoms with van der Waals surface area (Å²) in [5.41, 5.74) is 0.228. The maximum absolute atomic E-state index is 9.41. The summed E-state index contributed by atoms with van der Waals surface area (Å²) < 4.78 is 0. The molecule has 0 saturated carbocycles. The Hall–Kier alpha value is -0.510. The second-order valence-corrected chi connectivity index (χ2v) is 7.24. The molecule has 10 heavy (non-hydrogen) atoms. The Kier molecular flexibility index (Phi) is 1.33. The van der Waals surface area contributed by atoms with Crippen LogP contribution in [0.4, 0.5) is 0 Å². The van der Waals surface area contributed by atoms with Crippen molar-refractivity contribution in [2.45, 2.75) is 0 Å². The van der Waals surface area contributed by atoms with Crippen molar-refractivity contribution < 1.29 is 9.79 Å². The predicted molar refractivity (Wildman–Crippen MR) is 39.2 cm³/mol. The van der Waals surface area contributed by atoms with Crippen molar-refractivity contribution in [2.24, 2.45) is 0 Å². The van der Waals surface area contributed by atoms with E-state index >= 15 is 0 Å². The molecule has 0 atom stereocenters. The van der Waals surface area contributed by atoms with E-state index in [9.17, 15) is 9.79 Å². The van der Waals surface area contributed by atoms with Gasteiger partial charge in [-0.1, -0.05) is 0 Å². The molecule has 5 nitrogen and oxygen atoms in total. The van der Waals surface area contributed by atoms with Crippen LogP contribution in [0.5, 0.6) is 0 Å². The van der Waals surface area contributed by atoms with Gasteiger partial charge in [0.2, 0.25) is 0 Å². The summed E-state index contributed by atoms with van der Waals surface area (Å²) in [6.07, 6.45) is 1.39. The van der Waals surface area contributed by atoms with Crippen molar-refractivity contribution in [1.29, 1.82) is 0 Å². The molecule has 58 valence electrons. The average Bonchev–Trinajstić information content (AvgIpc) is 2.04. The maximum atomic E-state index is 9.41. The first-order chi connectivity index (χ1) is 4.36. The molecule has 0 radical (unpaired) electrons. The Labute approximate surface area is 58.2 Å². The Bertz CT molecular complexity index is 215. The summed E-state index contributed by atoms with van der Waals surface area (Å²) in [6, 6.07) is 0. The number of aromatic amines is 1. The van der Waals surface area contributed by atoms with Crippen LogP contribution in [-0.2, 0) is 0 Å². The summed E-state index contributed by atoms with van der Waals surface area (Å²) >= 11 is 0. The van der Waals surface area contributed by atoms with Gasteiger partial charge in [0, 0.05) is 0 Å². The quantitative estimate of drug-likeness (QED) is 0.466. The van der Waals surface area contributed by atoms with Gasteiger partial charge in [-0.3, -0.25) is 0 Å². The Morgan fingerprint density at radius 2 is 2.10 bits per heavy atom. The molecule has 3 N–H and O–H groups in total. The van der Waals surface area contributed by atoms with Gasteiger partial charge in [0.1, 0.15) is 0 Å². The first-order valence-corrected chi connectivity index (χ1v) is 5.78. The van der Waals surface area contributed by atoms with E-state index < -0.39 is 7.06 Å². The standard InChI is InChI=1S/C4H10N3O2P/c1-10(2,8,9)4-3-5-7-6-4/h3,8-9H,1-2H3,(H,5,6,7). The van der Waals surface area contributed by atoms with Gasteiger partial charge in [-0.15, -0.1) is 0 Å². The SMILES string of the molecule is CP(C)(O)(O)c1c[nH]nn1. The van der Waals surface area contributed by atoms with Gasteiger partial charge < -0.3 is 0 Å². The first kappa shape index (κ1) is 7.60. The third-order valence-electron chi connectivity index (χ3n) is 1.07. The molecule has 0 unspecified atom stereocenters. The van der Waals surface area contributed by atoms with E-state index in [1.165, 1.54) is 19.5 Å². The molecule has 1 aromatic rings. The fraction of sp³-hybridized carbons (Fsp3) is 0.500. The van der Waals surface area contributed by atoms with Crippen LogP contribution in [0, 0.1) is 0 Å². The molecule has 0 aliphatic rings. The fourth-order valence-electron chi connectivity index (χ4n) is 0.512. The van der Waals surface area contributed by atoms with E-state index in [0.717, 1.165) is 0 Å². The molecule has 1 rings (SSSR count). The topological polar surface area (TPSA) is 82.0 Å². The number of nitrogens with zero attached hydrogens (tertiary/aromatic N) is 2. The minimum absolute atomic E-state index is 0.228. The fourth-order valence-corrected chi connectivity index (χ4v) is 1.25. The van der Waals surface area contributed by atoms with Crippen LogP contribution in [0.2, 0.25) is 0 Å². The number of nitrogens with one attached hydrogen (secondary N) is 1. The summed E-state index contributed by atoms with van der Waals surface area (Å²) in [4.78, 5) is 18.8. The Morgan fingerprint density at radius 1 is 1.50 bits per heavy atom. The zero-order chi connectivity index (χ0) is 7.85. The molecule has 0 fully saturated rings. The van der Waals surface area contributed by atoms with Crippen molar-refractivity contribution >= 4 is 12.5 Å². The van der Waals surface area contributed by atoms with Crippen LogP contribution in [0.15, 0.2) is 6.20 Å². The normalized spacial score (nSPS) is 16.2. The molecule has 0 aliphatic heterocycles. The van der Waals surface area contributed by atoms with E-state index in [4.69, 9.17) is 0 Å². The summed E-state index contributed by atoms with van der Waals surface area (Å²) in [6.45, 7) is 2.73. The third kappa shape index (κ3) is 1.50. The van der Waals surface area contributed by atoms with Crippen molar-refractivity contribution in [2.75, 3.05) is 13.3 Å². The van der Waals surface area contributed by atoms with E-state index in [0.29, 0.717) is 0 Å². The molecule has 0 bridgehead atoms. The van der Waals surface area contributed by atoms with Crippen LogP contribution in [0.25, 0.3) is 0 Å². The minimum atomic E-state index is -3.64. The number of hydrogen-bond acceptors (Lipinski definition) is 4. The molecule has 0 aromatic carbocycles. The molecule has 1 aromatic heterocycles. The van der Waals surface area contributed by atoms with Crippen molar-refractivity contribution in [3.05, 3.63) is 6.20 Å². The van der Waals surface area contributed by atoms with Gasteiger partial charge in [0.15, 0.2) is 0 Å². The number of aromatic nitrogens is 3. The molecule has 6 heteroatoms. The van der Waals surface area contributed by atoms with Gasteiger partial charge in [-0.25, -0.2) is 0 Å². The van der Waals surface area contributed by atoms with Gasteiger partial charge in [-0.05, 0) is 0 Å². The number of hydrogen-bond donors (Lipinski definition) is 3. The number of H-pyrrole nitrogens is 1. The second-order valence-electron chi connectivity index (χ2n) is 2.82. The zero-order valence-corrected chi connectivity index (χ0v) is 6.71. The van der Waals surface area contributed by atoms with E-state index in [-0.39, 0.29) is 5.44 Å². The molecule has 0 saturated heterocycles. The van der Waals surface area contributed by atoms with E-state index in [2.05, 4.69) is 15.4 Å². The van der Waals surface area contributed by atoms with Gasteiger partial charge >= 0.3 is 57.2 Å². The van der Waals surface area contributed by atoms with Crippen molar-refractivity contribution in [1.82, 2.24) is 15.4 Å². The second kappa shape index (κ2) is 1.75. The summed E-state index contributed by atoms with van der Waals surface area (Å²) in [5, 5.41) is 9.30. The molecule has 1 heterocycles. The molecule has 0 spiro atoms. The van der Waals surface area contributed by atoms with Gasteiger partial charge in [0.05, 0.1) is 0 Å². The molecular weight excluding hydrogens is 153 g/mol. The van der Waals surface area contributed by atoms with Crippen LogP contribution < -0.4 is 5.44 Å². The van der Waals surface area contributed by atoms with Crippen molar-refractivity contribution in [3.8, 4) is 0 Å². The van der Waals surface area contributed by atoms with Crippen molar-refractivity contribution in [3.63, 3.8) is 0 Å². The zero-order valence-electron chi connectivity index (χ0n) is 5.81. The average molecular weight is 163 g/mol. The van der Waals surface area contributed by atoms with Gasteiger partial charge in [-0.2, -0.15) is 0 Å². The molecule has 0 amide bonds. The Balaban J connectivity index is 3.09. The summed E-state index contributed by atoms with van der Waals surface area (Å²) in [5.74, 6) is 0.